The van der Waals surface area contributed by atoms with Gasteiger partial charge in [-0.25, -0.2) is 0 Å². The predicted octanol–water partition coefficient (Wildman–Crippen LogP) is 12.8. The zero-order valence-electron chi connectivity index (χ0n) is 63.7. The average Bonchev–Trinajstić information content (AvgIpc) is 0.764. The molecular weight excluding hydrogens is 1540 g/mol. The maximum absolute atomic E-state index is 11.3. The van der Waals surface area contributed by atoms with Crippen molar-refractivity contribution in [3.05, 3.63) is 147 Å². The quantitative estimate of drug-likeness (QED) is 0.0595. The minimum absolute atomic E-state index is 0.527. The molecule has 0 aliphatic heterocycles. The molecule has 0 aliphatic rings. The molecule has 20 nitrogen and oxygen atoms in total. The van der Waals surface area contributed by atoms with Crippen LogP contribution < -0.4 is 10.4 Å². The molecule has 2 rings (SSSR count). The highest BCUT2D eigenvalue weighted by atomic mass is 28.6. The van der Waals surface area contributed by atoms with E-state index in [0.717, 1.165) is 31.7 Å². The van der Waals surface area contributed by atoms with Crippen molar-refractivity contribution in [1.82, 2.24) is 0 Å². The van der Waals surface area contributed by atoms with E-state index in [1.165, 1.54) is 6.55 Å². The highest BCUT2D eigenvalue weighted by Crippen LogP contribution is 2.31. The monoisotopic (exact) mass is 1660 g/mol. The lowest BCUT2D eigenvalue weighted by molar-refractivity contribution is -0.00626. The second-order valence-corrected chi connectivity index (χ2v) is 90.8. The molecule has 0 aromatic heterocycles. The summed E-state index contributed by atoms with van der Waals surface area (Å²) in [7, 11) is -43.5. The second-order valence-electron chi connectivity index (χ2n) is 28.6. The molecule has 2 aromatic carbocycles. The fourth-order valence-electron chi connectivity index (χ4n) is 8.59. The van der Waals surface area contributed by atoms with Crippen molar-refractivity contribution in [3.63, 3.8) is 0 Å². The van der Waals surface area contributed by atoms with Crippen LogP contribution in [0.1, 0.15) is 0 Å². The maximum Gasteiger partial charge on any atom is 0.722 e. The molecule has 546 valence electrons. The van der Waals surface area contributed by atoms with Gasteiger partial charge in [-0.2, -0.15) is 0 Å². The van der Waals surface area contributed by atoms with Crippen LogP contribution in [0.25, 0.3) is 0 Å². The third-order valence-corrected chi connectivity index (χ3v) is 70.0. The zero-order chi connectivity index (χ0) is 75.8. The first-order valence-corrected chi connectivity index (χ1v) is 77.7. The molecule has 0 heterocycles. The largest absolute Gasteiger partial charge is 0.722 e. The van der Waals surface area contributed by atoms with Crippen molar-refractivity contribution in [1.29, 1.82) is 0 Å². The molecule has 2 aromatic rings. The van der Waals surface area contributed by atoms with E-state index in [9.17, 15) is 9.59 Å². The molecule has 4 unspecified atom stereocenters. The Bertz CT molecular complexity index is 2800. The first-order valence-electron chi connectivity index (χ1n) is 31.2. The summed E-state index contributed by atoms with van der Waals surface area (Å²) in [5, 5.41) is 2.19. The lowest BCUT2D eigenvalue weighted by Crippen LogP contribution is -2.71. The maximum atomic E-state index is 11.3. The molecule has 0 fully saturated rings. The Morgan fingerprint density at radius 1 is 0.323 bits per heavy atom. The van der Waals surface area contributed by atoms with Gasteiger partial charge in [0, 0.05) is 27.9 Å². The van der Waals surface area contributed by atoms with Gasteiger partial charge in [0.2, 0.25) is 43.4 Å². The summed E-state index contributed by atoms with van der Waals surface area (Å²) in [6.07, 6.45) is 0. The number of hydrogen-bond donors (Lipinski definition) is 2. The van der Waals surface area contributed by atoms with Gasteiger partial charge in [-0.15, -0.1) is 58.1 Å². The van der Waals surface area contributed by atoms with E-state index in [0.29, 0.717) is 0 Å². The van der Waals surface area contributed by atoms with Crippen molar-refractivity contribution in [2.45, 2.75) is 170 Å². The van der Waals surface area contributed by atoms with Crippen LogP contribution in [0.5, 0.6) is 0 Å². The Morgan fingerprint density at radius 2 is 0.625 bits per heavy atom. The van der Waals surface area contributed by atoms with Gasteiger partial charge in [-0.05, 0) is 174 Å². The number of benzene rings is 2. The van der Waals surface area contributed by atoms with Crippen LogP contribution in [0.2, 0.25) is 170 Å². The van der Waals surface area contributed by atoms with Gasteiger partial charge in [0.25, 0.3) is 0 Å². The molecule has 0 bridgehead atoms. The highest BCUT2D eigenvalue weighted by Gasteiger charge is 2.68. The standard InChI is InChI=1S/C22H34O3Si4.C14H34O12Si8.C11H30O3Si4.C10H24O2Si3/c1-9-26(3,4)23-28(7,8)25-29(24-27(5,6)10-2,21-17-13-11-14-18-21)22-19-15-12-16-20-22;1-13-29(8,9)22-31(12,20-27-6)24-33(16,19-5)26-34(21-28-7,23-30(10,11)14-2)25-32(15,17-3)18-4;1-11-18(10,13-16(5,6)7)14-17(8,9)12-15(2,3)4;1-9-13(3,4)11-15(7,8)12-14(5,6)10-2/h9-20H,1-2H2,3-8H3;6-7,13-16H,1-2H2,3-5,8-12H3;11H,1H2,2-10H3;9-10H,1-2H2,3-8H3. The van der Waals surface area contributed by atoms with Crippen molar-refractivity contribution in [2.75, 3.05) is 21.3 Å². The van der Waals surface area contributed by atoms with E-state index in [-0.39, 0.29) is 0 Å². The Labute approximate surface area is 603 Å². The van der Waals surface area contributed by atoms with E-state index < -0.39 is 164 Å². The van der Waals surface area contributed by atoms with Crippen molar-refractivity contribution < 1.29 is 84.6 Å². The molecule has 2 N–H and O–H groups in total. The SMILES string of the molecule is C#[Si]O[Si](C)(O[Si](C)(C)C=C)O[Si](O)(OC)O[Si](O[Si]#C)(O[Si](C)(C)C=C)O[Si](O)(OC)OC.C=C[Si](C)(C)O[Si](C)(C)O[Si](C)(C)C=C.C=C[Si](C)(C)O[Si](C)(C)O[Si](O[Si](C)(C)C=C)(c1ccccc1)c1ccccc1.C=C[Si](C)(O[Si](C)(C)C)O[Si](C)(C)O[Si](C)(C)C. The first kappa shape index (κ1) is 97.2. The third kappa shape index (κ3) is 38.6. The first-order chi connectivity index (χ1) is 43.1. The Balaban J connectivity index is 0. The zero-order valence-corrected chi connectivity index (χ0v) is 82.7. The summed E-state index contributed by atoms with van der Waals surface area (Å²) in [6.45, 7) is 80.8. The molecule has 0 spiro atoms. The van der Waals surface area contributed by atoms with Crippen LogP contribution in [0.15, 0.2) is 147 Å². The van der Waals surface area contributed by atoms with Gasteiger partial charge >= 0.3 is 78.8 Å². The van der Waals surface area contributed by atoms with Crippen LogP contribution in [-0.2, 0) is 75.0 Å². The molecule has 39 heteroatoms. The molecule has 0 saturated carbocycles. The Morgan fingerprint density at radius 3 is 0.938 bits per heavy atom. The van der Waals surface area contributed by atoms with Crippen molar-refractivity contribution in [3.8, 4) is 12.0 Å². The average molecular weight is 1660 g/mol. The third-order valence-electron chi connectivity index (χ3n) is 12.3. The van der Waals surface area contributed by atoms with Crippen LogP contribution in [0.4, 0.5) is 0 Å². The summed E-state index contributed by atoms with van der Waals surface area (Å²) in [5.41, 5.74) is 12.9. The minimum atomic E-state index is -4.75. The van der Waals surface area contributed by atoms with Gasteiger partial charge in [0.15, 0.2) is 41.6 Å². The van der Waals surface area contributed by atoms with Gasteiger partial charge in [0.1, 0.15) is 0 Å². The minimum Gasteiger partial charge on any atom is -0.517 e. The molecule has 0 saturated heterocycles. The Kier molecular flexibility index (Phi) is 39.8. The van der Waals surface area contributed by atoms with E-state index in [2.05, 4.69) is 208 Å². The lowest BCUT2D eigenvalue weighted by atomic mass is 10.4. The van der Waals surface area contributed by atoms with E-state index in [1.54, 1.807) is 24.5 Å². The molecule has 4 atom stereocenters. The fourth-order valence-corrected chi connectivity index (χ4v) is 72.2. The van der Waals surface area contributed by atoms with Gasteiger partial charge in [0.05, 0.1) is 0 Å². The normalized spacial score (nSPS) is 15.7. The lowest BCUT2D eigenvalue weighted by Gasteiger charge is -2.43. The predicted molar refractivity (Wildman–Crippen MR) is 437 cm³/mol. The van der Waals surface area contributed by atoms with Gasteiger partial charge < -0.3 is 84.6 Å². The summed E-state index contributed by atoms with van der Waals surface area (Å²) in [4.78, 5) is 22.0. The molecule has 0 radical (unpaired) electrons. The second kappa shape index (κ2) is 39.3. The smallest absolute Gasteiger partial charge is 0.517 e. The van der Waals surface area contributed by atoms with Gasteiger partial charge in [-0.1, -0.05) is 101 Å². The Hall–Kier alpha value is -0.819. The van der Waals surface area contributed by atoms with E-state index >= 15 is 0 Å². The summed E-state index contributed by atoms with van der Waals surface area (Å²) in [6, 6.07) is 32.0. The van der Waals surface area contributed by atoms with Crippen LogP contribution in [-0.4, -0.2) is 195 Å². The highest BCUT2D eigenvalue weighted by molar-refractivity contribution is 7.03. The van der Waals surface area contributed by atoms with Crippen LogP contribution in [0, 0.1) is 12.0 Å². The molecule has 96 heavy (non-hydrogen) atoms. The molecule has 0 amide bonds. The van der Waals surface area contributed by atoms with Crippen LogP contribution >= 0.6 is 0 Å². The van der Waals surface area contributed by atoms with E-state index in [4.69, 9.17) is 87.0 Å². The summed E-state index contributed by atoms with van der Waals surface area (Å²) in [5.74, 6) is 0. The van der Waals surface area contributed by atoms with Gasteiger partial charge in [-0.3, -0.25) is 0 Å². The van der Waals surface area contributed by atoms with Crippen molar-refractivity contribution >= 4 is 174 Å². The van der Waals surface area contributed by atoms with Crippen molar-refractivity contribution in [2.24, 2.45) is 0 Å². The van der Waals surface area contributed by atoms with E-state index in [1.807, 2.05) is 78.0 Å². The summed E-state index contributed by atoms with van der Waals surface area (Å²) < 4.78 is 108. The fraction of sp³-hybridized carbons (Fsp3) is 0.509. The molecule has 0 aliphatic carbocycles. The topological polar surface area (TPSA) is 207 Å². The summed E-state index contributed by atoms with van der Waals surface area (Å²) >= 11 is 0. The number of hydrogen-bond acceptors (Lipinski definition) is 20. The van der Waals surface area contributed by atoms with Crippen LogP contribution in [0.3, 0.4) is 0 Å². The number of rotatable bonds is 40. The molecular formula is C57H122O20Si19.